The molecule has 0 saturated heterocycles. The summed E-state index contributed by atoms with van der Waals surface area (Å²) >= 11 is 1.73. The van der Waals surface area contributed by atoms with Gasteiger partial charge in [0.1, 0.15) is 0 Å². The van der Waals surface area contributed by atoms with Crippen molar-refractivity contribution in [2.75, 3.05) is 31.1 Å². The first-order valence-electron chi connectivity index (χ1n) is 7.71. The fourth-order valence-electron chi connectivity index (χ4n) is 2.82. The van der Waals surface area contributed by atoms with Crippen LogP contribution in [0.5, 0.6) is 0 Å². The first-order valence-corrected chi connectivity index (χ1v) is 8.65. The van der Waals surface area contributed by atoms with Gasteiger partial charge in [-0.1, -0.05) is 0 Å². The van der Waals surface area contributed by atoms with Crippen LogP contribution in [0.1, 0.15) is 25.1 Å². The highest BCUT2D eigenvalue weighted by atomic mass is 35.5. The van der Waals surface area contributed by atoms with Crippen LogP contribution in [0.25, 0.3) is 11.3 Å². The van der Waals surface area contributed by atoms with Crippen molar-refractivity contribution in [3.63, 3.8) is 0 Å². The van der Waals surface area contributed by atoms with Gasteiger partial charge < -0.3 is 10.2 Å². The summed E-state index contributed by atoms with van der Waals surface area (Å²) in [5.41, 5.74) is 4.91. The third-order valence-corrected chi connectivity index (χ3v) is 4.70. The summed E-state index contributed by atoms with van der Waals surface area (Å²) < 4.78 is 0. The second kappa shape index (κ2) is 7.90. The molecule has 0 bridgehead atoms. The van der Waals surface area contributed by atoms with Crippen molar-refractivity contribution in [3.05, 3.63) is 28.1 Å². The van der Waals surface area contributed by atoms with Crippen molar-refractivity contribution in [1.29, 1.82) is 0 Å². The minimum absolute atomic E-state index is 0. The molecule has 2 aromatic rings. The number of halogens is 1. The standard InChI is InChI=1S/C16H22N4S.ClH/c1-3-20(4-2)16-18-14-6-9-17-8-5-13(14)15(19-16)12-7-10-21-11-12;/h7,10-11,17H,3-6,8-9H2,1-2H3;1H. The Hall–Kier alpha value is -1.17. The number of nitrogens with zero attached hydrogens (tertiary/aromatic N) is 3. The van der Waals surface area contributed by atoms with E-state index in [0.29, 0.717) is 0 Å². The topological polar surface area (TPSA) is 41.1 Å². The monoisotopic (exact) mass is 338 g/mol. The molecule has 0 saturated carbocycles. The quantitative estimate of drug-likeness (QED) is 0.929. The second-order valence-electron chi connectivity index (χ2n) is 5.23. The van der Waals surface area contributed by atoms with Crippen LogP contribution in [0.3, 0.4) is 0 Å². The molecule has 3 heterocycles. The summed E-state index contributed by atoms with van der Waals surface area (Å²) in [4.78, 5) is 12.0. The molecule has 1 aliphatic rings. The number of rotatable bonds is 4. The Morgan fingerprint density at radius 3 is 2.64 bits per heavy atom. The predicted octanol–water partition coefficient (Wildman–Crippen LogP) is 3.16. The summed E-state index contributed by atoms with van der Waals surface area (Å²) in [5, 5.41) is 7.77. The Balaban J connectivity index is 0.00000176. The van der Waals surface area contributed by atoms with E-state index in [4.69, 9.17) is 9.97 Å². The Morgan fingerprint density at radius 2 is 1.95 bits per heavy atom. The highest BCUT2D eigenvalue weighted by Crippen LogP contribution is 2.29. The van der Waals surface area contributed by atoms with Gasteiger partial charge in [0.2, 0.25) is 5.95 Å². The molecular weight excluding hydrogens is 316 g/mol. The Morgan fingerprint density at radius 1 is 1.18 bits per heavy atom. The predicted molar refractivity (Wildman–Crippen MR) is 96.4 cm³/mol. The zero-order valence-electron chi connectivity index (χ0n) is 13.1. The molecule has 0 aromatic carbocycles. The first-order chi connectivity index (χ1) is 10.3. The van der Waals surface area contributed by atoms with Gasteiger partial charge in [-0.25, -0.2) is 9.97 Å². The van der Waals surface area contributed by atoms with Crippen LogP contribution in [0.4, 0.5) is 5.95 Å². The molecule has 0 atom stereocenters. The van der Waals surface area contributed by atoms with Gasteiger partial charge in [-0.05, 0) is 38.3 Å². The lowest BCUT2D eigenvalue weighted by Crippen LogP contribution is -2.25. The molecule has 0 fully saturated rings. The number of hydrogen-bond acceptors (Lipinski definition) is 5. The maximum Gasteiger partial charge on any atom is 0.226 e. The number of thiophene rings is 1. The van der Waals surface area contributed by atoms with E-state index in [-0.39, 0.29) is 12.4 Å². The average molecular weight is 339 g/mol. The van der Waals surface area contributed by atoms with E-state index in [1.54, 1.807) is 11.3 Å². The lowest BCUT2D eigenvalue weighted by Gasteiger charge is -2.21. The third-order valence-electron chi connectivity index (χ3n) is 4.01. The van der Waals surface area contributed by atoms with Crippen molar-refractivity contribution in [1.82, 2.24) is 15.3 Å². The van der Waals surface area contributed by atoms with E-state index in [2.05, 4.69) is 40.9 Å². The van der Waals surface area contributed by atoms with Gasteiger partial charge >= 0.3 is 0 Å². The SMILES string of the molecule is CCN(CC)c1nc2c(c(-c3ccsc3)n1)CCNCC2.Cl. The van der Waals surface area contributed by atoms with Crippen LogP contribution in [-0.2, 0) is 12.8 Å². The summed E-state index contributed by atoms with van der Waals surface area (Å²) in [6.07, 6.45) is 2.00. The molecular formula is C16H23ClN4S. The number of fused-ring (bicyclic) bond motifs is 1. The molecule has 22 heavy (non-hydrogen) atoms. The largest absolute Gasteiger partial charge is 0.341 e. The third kappa shape index (κ3) is 3.42. The lowest BCUT2D eigenvalue weighted by atomic mass is 10.0. The molecule has 4 nitrogen and oxygen atoms in total. The molecule has 6 heteroatoms. The highest BCUT2D eigenvalue weighted by molar-refractivity contribution is 7.08. The Bertz CT molecular complexity index is 596. The molecule has 1 aliphatic heterocycles. The minimum Gasteiger partial charge on any atom is -0.341 e. The van der Waals surface area contributed by atoms with E-state index in [1.807, 2.05) is 0 Å². The van der Waals surface area contributed by atoms with Crippen molar-refractivity contribution < 1.29 is 0 Å². The molecule has 0 aliphatic carbocycles. The van der Waals surface area contributed by atoms with Gasteiger partial charge in [0.15, 0.2) is 0 Å². The zero-order chi connectivity index (χ0) is 14.7. The summed E-state index contributed by atoms with van der Waals surface area (Å²) in [7, 11) is 0. The van der Waals surface area contributed by atoms with Crippen molar-refractivity contribution in [2.24, 2.45) is 0 Å². The smallest absolute Gasteiger partial charge is 0.226 e. The molecule has 0 radical (unpaired) electrons. The lowest BCUT2D eigenvalue weighted by molar-refractivity contribution is 0.708. The summed E-state index contributed by atoms with van der Waals surface area (Å²) in [6, 6.07) is 2.16. The maximum absolute atomic E-state index is 4.91. The van der Waals surface area contributed by atoms with Crippen LogP contribution in [0.15, 0.2) is 16.8 Å². The molecule has 3 rings (SSSR count). The molecule has 0 spiro atoms. The second-order valence-corrected chi connectivity index (χ2v) is 6.01. The maximum atomic E-state index is 4.91. The Labute approximate surface area is 142 Å². The van der Waals surface area contributed by atoms with Crippen LogP contribution in [0.2, 0.25) is 0 Å². The van der Waals surface area contributed by atoms with E-state index in [9.17, 15) is 0 Å². The van der Waals surface area contributed by atoms with Gasteiger partial charge in [-0.2, -0.15) is 11.3 Å². The molecule has 1 N–H and O–H groups in total. The van der Waals surface area contributed by atoms with E-state index in [1.165, 1.54) is 16.8 Å². The van der Waals surface area contributed by atoms with Gasteiger partial charge in [0, 0.05) is 42.6 Å². The van der Waals surface area contributed by atoms with Crippen LogP contribution >= 0.6 is 23.7 Å². The first kappa shape index (κ1) is 17.2. The van der Waals surface area contributed by atoms with Gasteiger partial charge in [0.25, 0.3) is 0 Å². The number of anilines is 1. The normalized spacial score (nSPS) is 13.9. The van der Waals surface area contributed by atoms with Gasteiger partial charge in [0.05, 0.1) is 11.4 Å². The summed E-state index contributed by atoms with van der Waals surface area (Å²) in [5.74, 6) is 0.877. The van der Waals surface area contributed by atoms with Gasteiger partial charge in [-0.3, -0.25) is 0 Å². The van der Waals surface area contributed by atoms with Crippen LogP contribution < -0.4 is 10.2 Å². The fraction of sp³-hybridized carbons (Fsp3) is 0.500. The molecule has 0 unspecified atom stereocenters. The van der Waals surface area contributed by atoms with E-state index >= 15 is 0 Å². The molecule has 120 valence electrons. The zero-order valence-corrected chi connectivity index (χ0v) is 14.8. The van der Waals surface area contributed by atoms with Crippen molar-refractivity contribution in [2.45, 2.75) is 26.7 Å². The fourth-order valence-corrected chi connectivity index (χ4v) is 3.46. The minimum atomic E-state index is 0. The molecule has 2 aromatic heterocycles. The van der Waals surface area contributed by atoms with Crippen molar-refractivity contribution in [3.8, 4) is 11.3 Å². The Kier molecular flexibility index (Phi) is 6.17. The van der Waals surface area contributed by atoms with Gasteiger partial charge in [-0.15, -0.1) is 12.4 Å². The van der Waals surface area contributed by atoms with E-state index < -0.39 is 0 Å². The number of nitrogens with one attached hydrogen (secondary N) is 1. The number of hydrogen-bond donors (Lipinski definition) is 1. The van der Waals surface area contributed by atoms with Crippen LogP contribution in [0, 0.1) is 0 Å². The highest BCUT2D eigenvalue weighted by Gasteiger charge is 2.19. The number of aromatic nitrogens is 2. The summed E-state index contributed by atoms with van der Waals surface area (Å²) in [6.45, 7) is 8.21. The molecule has 0 amide bonds. The van der Waals surface area contributed by atoms with Crippen LogP contribution in [-0.4, -0.2) is 36.1 Å². The van der Waals surface area contributed by atoms with E-state index in [0.717, 1.165) is 50.7 Å². The average Bonchev–Trinajstić information content (AvgIpc) is 2.93. The van der Waals surface area contributed by atoms with Crippen molar-refractivity contribution >= 4 is 29.7 Å².